The molecule has 0 unspecified atom stereocenters. The van der Waals surface area contributed by atoms with E-state index in [1.807, 2.05) is 0 Å². The molecule has 1 aromatic heterocycles. The third kappa shape index (κ3) is 2.62. The molecule has 110 valence electrons. The minimum absolute atomic E-state index is 0.276. The van der Waals surface area contributed by atoms with Gasteiger partial charge < -0.3 is 20.5 Å². The maximum Gasteiger partial charge on any atom is 0.259 e. The van der Waals surface area contributed by atoms with Crippen molar-refractivity contribution in [2.24, 2.45) is 0 Å². The number of aromatic amines is 1. The lowest BCUT2D eigenvalue weighted by molar-refractivity contribution is 0.102. The summed E-state index contributed by atoms with van der Waals surface area (Å²) in [6.45, 7) is 2.94. The number of nitrogens with zero attached hydrogens (tertiary/aromatic N) is 1. The number of carbonyl (C=O) groups excluding carboxylic acids is 1. The largest absolute Gasteiger partial charge is 0.489 e. The molecule has 0 saturated carbocycles. The molecule has 0 spiro atoms. The Morgan fingerprint density at radius 3 is 2.71 bits per heavy atom. The lowest BCUT2D eigenvalue weighted by Gasteiger charge is -2.13. The maximum atomic E-state index is 12.2. The van der Waals surface area contributed by atoms with Gasteiger partial charge in [-0.2, -0.15) is 5.10 Å². The molecule has 0 saturated heterocycles. The highest BCUT2D eigenvalue weighted by Gasteiger charge is 2.17. The van der Waals surface area contributed by atoms with Crippen LogP contribution in [0.1, 0.15) is 22.5 Å². The quantitative estimate of drug-likeness (QED) is 0.730. The summed E-state index contributed by atoms with van der Waals surface area (Å²) >= 11 is 0. The number of carbonyl (C=O) groups is 1. The number of nitrogen functional groups attached to an aromatic ring is 1. The second kappa shape index (κ2) is 5.35. The molecular weight excluding hydrogens is 272 g/mol. The van der Waals surface area contributed by atoms with Gasteiger partial charge in [0.2, 0.25) is 0 Å². The summed E-state index contributed by atoms with van der Waals surface area (Å²) in [6.07, 6.45) is 2.29. The third-order valence-electron chi connectivity index (χ3n) is 3.24. The number of aromatic nitrogens is 2. The van der Waals surface area contributed by atoms with Crippen molar-refractivity contribution < 1.29 is 14.3 Å². The Labute approximate surface area is 121 Å². The molecule has 2 aromatic rings. The van der Waals surface area contributed by atoms with E-state index in [9.17, 15) is 4.79 Å². The van der Waals surface area contributed by atoms with E-state index < -0.39 is 0 Å². The molecular formula is C14H16N4O3. The summed E-state index contributed by atoms with van der Waals surface area (Å²) in [5.41, 5.74) is 8.05. The van der Waals surface area contributed by atoms with Crippen molar-refractivity contribution in [3.05, 3.63) is 29.6 Å². The highest BCUT2D eigenvalue weighted by atomic mass is 16.5. The van der Waals surface area contributed by atoms with Gasteiger partial charge in [0.25, 0.3) is 5.91 Å². The smallest absolute Gasteiger partial charge is 0.259 e. The van der Waals surface area contributed by atoms with E-state index in [2.05, 4.69) is 15.5 Å². The SMILES string of the molecule is Cc1[nH]ncc1C(=O)Nc1cc2c(cc1N)OCCCO2. The van der Waals surface area contributed by atoms with Gasteiger partial charge >= 0.3 is 0 Å². The zero-order valence-electron chi connectivity index (χ0n) is 11.6. The Morgan fingerprint density at radius 1 is 1.33 bits per heavy atom. The number of ether oxygens (including phenoxy) is 2. The Hall–Kier alpha value is -2.70. The van der Waals surface area contributed by atoms with Gasteiger partial charge in [-0.15, -0.1) is 0 Å². The summed E-state index contributed by atoms with van der Waals surface area (Å²) in [6, 6.07) is 3.35. The van der Waals surface area contributed by atoms with E-state index in [-0.39, 0.29) is 5.91 Å². The zero-order valence-corrected chi connectivity index (χ0v) is 11.6. The van der Waals surface area contributed by atoms with Gasteiger partial charge in [0, 0.05) is 24.2 Å². The van der Waals surface area contributed by atoms with Crippen LogP contribution in [0.15, 0.2) is 18.3 Å². The number of nitrogens with one attached hydrogen (secondary N) is 2. The summed E-state index contributed by atoms with van der Waals surface area (Å²) in [4.78, 5) is 12.2. The Morgan fingerprint density at radius 2 is 2.05 bits per heavy atom. The van der Waals surface area contributed by atoms with Crippen LogP contribution < -0.4 is 20.5 Å². The first-order chi connectivity index (χ1) is 10.1. The predicted octanol–water partition coefficient (Wildman–Crippen LogP) is 1.71. The average molecular weight is 288 g/mol. The fourth-order valence-electron chi connectivity index (χ4n) is 2.10. The van der Waals surface area contributed by atoms with Crippen LogP contribution in [-0.4, -0.2) is 29.3 Å². The van der Waals surface area contributed by atoms with E-state index in [1.54, 1.807) is 19.1 Å². The molecule has 1 amide bonds. The fourth-order valence-corrected chi connectivity index (χ4v) is 2.10. The second-order valence-corrected chi connectivity index (χ2v) is 4.80. The highest BCUT2D eigenvalue weighted by molar-refractivity contribution is 6.06. The molecule has 1 aliphatic heterocycles. The molecule has 0 radical (unpaired) electrons. The number of benzene rings is 1. The molecule has 4 N–H and O–H groups in total. The van der Waals surface area contributed by atoms with E-state index in [0.717, 1.165) is 6.42 Å². The molecule has 0 fully saturated rings. The number of hydrogen-bond acceptors (Lipinski definition) is 5. The summed E-state index contributed by atoms with van der Waals surface area (Å²) < 4.78 is 11.1. The summed E-state index contributed by atoms with van der Waals surface area (Å²) in [5.74, 6) is 0.908. The molecule has 0 bridgehead atoms. The normalized spacial score (nSPS) is 13.6. The number of H-pyrrole nitrogens is 1. The van der Waals surface area contributed by atoms with E-state index in [4.69, 9.17) is 15.2 Å². The fraction of sp³-hybridized carbons (Fsp3) is 0.286. The first-order valence-electron chi connectivity index (χ1n) is 6.65. The minimum Gasteiger partial charge on any atom is -0.489 e. The average Bonchev–Trinajstić information content (AvgIpc) is 2.75. The topological polar surface area (TPSA) is 102 Å². The molecule has 21 heavy (non-hydrogen) atoms. The van der Waals surface area contributed by atoms with Crippen molar-refractivity contribution in [3.63, 3.8) is 0 Å². The van der Waals surface area contributed by atoms with Crippen LogP contribution in [0, 0.1) is 6.92 Å². The van der Waals surface area contributed by atoms with Crippen LogP contribution >= 0.6 is 0 Å². The Kier molecular flexibility index (Phi) is 3.39. The lowest BCUT2D eigenvalue weighted by atomic mass is 10.2. The Bertz CT molecular complexity index is 681. The van der Waals surface area contributed by atoms with E-state index in [1.165, 1.54) is 6.20 Å². The van der Waals surface area contributed by atoms with Crippen LogP contribution in [0.2, 0.25) is 0 Å². The first-order valence-corrected chi connectivity index (χ1v) is 6.65. The number of rotatable bonds is 2. The first kappa shape index (κ1) is 13.3. The van der Waals surface area contributed by atoms with Crippen LogP contribution in [-0.2, 0) is 0 Å². The maximum absolute atomic E-state index is 12.2. The van der Waals surface area contributed by atoms with Gasteiger partial charge in [0.15, 0.2) is 11.5 Å². The van der Waals surface area contributed by atoms with Gasteiger partial charge in [-0.1, -0.05) is 0 Å². The van der Waals surface area contributed by atoms with Crippen LogP contribution in [0.25, 0.3) is 0 Å². The molecule has 7 nitrogen and oxygen atoms in total. The molecule has 7 heteroatoms. The van der Waals surface area contributed by atoms with Crippen molar-refractivity contribution in [2.75, 3.05) is 24.3 Å². The zero-order chi connectivity index (χ0) is 14.8. The number of aryl methyl sites for hydroxylation is 1. The predicted molar refractivity (Wildman–Crippen MR) is 77.7 cm³/mol. The molecule has 2 heterocycles. The van der Waals surface area contributed by atoms with Crippen molar-refractivity contribution in [1.82, 2.24) is 10.2 Å². The van der Waals surface area contributed by atoms with Gasteiger partial charge in [-0.3, -0.25) is 9.89 Å². The van der Waals surface area contributed by atoms with Crippen LogP contribution in [0.5, 0.6) is 11.5 Å². The number of nitrogens with two attached hydrogens (primary N) is 1. The molecule has 1 aromatic carbocycles. The number of amides is 1. The van der Waals surface area contributed by atoms with Gasteiger partial charge in [-0.25, -0.2) is 0 Å². The molecule has 3 rings (SSSR count). The molecule has 1 aliphatic rings. The van der Waals surface area contributed by atoms with Gasteiger partial charge in [0.1, 0.15) is 0 Å². The standard InChI is InChI=1S/C14H16N4O3/c1-8-9(7-16-18-8)14(19)17-11-6-13-12(5-10(11)15)20-3-2-4-21-13/h5-7H,2-4,15H2,1H3,(H,16,18)(H,17,19). The van der Waals surface area contributed by atoms with Crippen LogP contribution in [0.4, 0.5) is 11.4 Å². The Balaban J connectivity index is 1.87. The van der Waals surface area contributed by atoms with Gasteiger partial charge in [0.05, 0.1) is 36.3 Å². The van der Waals surface area contributed by atoms with Crippen molar-refractivity contribution in [3.8, 4) is 11.5 Å². The molecule has 0 aliphatic carbocycles. The summed E-state index contributed by atoms with van der Waals surface area (Å²) in [5, 5.41) is 9.31. The van der Waals surface area contributed by atoms with Crippen molar-refractivity contribution in [1.29, 1.82) is 0 Å². The van der Waals surface area contributed by atoms with Gasteiger partial charge in [-0.05, 0) is 6.92 Å². The summed E-state index contributed by atoms with van der Waals surface area (Å²) in [7, 11) is 0. The minimum atomic E-state index is -0.276. The number of hydrogen-bond donors (Lipinski definition) is 3. The van der Waals surface area contributed by atoms with Crippen molar-refractivity contribution in [2.45, 2.75) is 13.3 Å². The number of anilines is 2. The van der Waals surface area contributed by atoms with Crippen LogP contribution in [0.3, 0.4) is 0 Å². The number of fused-ring (bicyclic) bond motifs is 1. The molecule has 0 atom stereocenters. The van der Waals surface area contributed by atoms with E-state index in [0.29, 0.717) is 47.3 Å². The lowest BCUT2D eigenvalue weighted by Crippen LogP contribution is -2.14. The van der Waals surface area contributed by atoms with Crippen molar-refractivity contribution >= 4 is 17.3 Å². The highest BCUT2D eigenvalue weighted by Crippen LogP contribution is 2.36. The third-order valence-corrected chi connectivity index (χ3v) is 3.24. The second-order valence-electron chi connectivity index (χ2n) is 4.80. The monoisotopic (exact) mass is 288 g/mol. The van der Waals surface area contributed by atoms with E-state index >= 15 is 0 Å².